The third-order valence-corrected chi connectivity index (χ3v) is 5.28. The van der Waals surface area contributed by atoms with E-state index in [1.165, 1.54) is 16.8 Å². The van der Waals surface area contributed by atoms with Crippen molar-refractivity contribution in [1.29, 1.82) is 0 Å². The van der Waals surface area contributed by atoms with E-state index in [1.807, 2.05) is 50.2 Å². The van der Waals surface area contributed by atoms with Crippen LogP contribution in [0.1, 0.15) is 56.7 Å². The van der Waals surface area contributed by atoms with Gasteiger partial charge in [0.05, 0.1) is 6.54 Å². The highest BCUT2D eigenvalue weighted by molar-refractivity contribution is 6.00. The van der Waals surface area contributed by atoms with Crippen molar-refractivity contribution in [2.75, 3.05) is 6.61 Å². The van der Waals surface area contributed by atoms with Gasteiger partial charge >= 0.3 is 5.97 Å². The van der Waals surface area contributed by atoms with Gasteiger partial charge in [-0.25, -0.2) is 9.48 Å². The molecular formula is C23H23N3O4. The molecule has 0 bridgehead atoms. The van der Waals surface area contributed by atoms with Crippen molar-refractivity contribution >= 4 is 11.8 Å². The maximum Gasteiger partial charge on any atom is 0.359 e. The van der Waals surface area contributed by atoms with Crippen LogP contribution in [0.15, 0.2) is 53.3 Å². The van der Waals surface area contributed by atoms with Crippen molar-refractivity contribution in [3.05, 3.63) is 87.1 Å². The van der Waals surface area contributed by atoms with Gasteiger partial charge in [0.1, 0.15) is 0 Å². The maximum atomic E-state index is 12.6. The summed E-state index contributed by atoms with van der Waals surface area (Å²) in [5.74, 6) is -0.984. The molecule has 7 heteroatoms. The smallest absolute Gasteiger partial charge is 0.359 e. The normalized spacial score (nSPS) is 13.3. The van der Waals surface area contributed by atoms with Crippen molar-refractivity contribution < 1.29 is 14.3 Å². The zero-order chi connectivity index (χ0) is 21.3. The Kier molecular flexibility index (Phi) is 5.35. The van der Waals surface area contributed by atoms with Gasteiger partial charge in [-0.2, -0.15) is 5.10 Å². The molecule has 0 radical (unpaired) electrons. The van der Waals surface area contributed by atoms with Crippen LogP contribution in [0.5, 0.6) is 0 Å². The molecule has 1 fully saturated rings. The molecule has 30 heavy (non-hydrogen) atoms. The molecule has 2 aromatic heterocycles. The molecule has 0 saturated heterocycles. The monoisotopic (exact) mass is 405 g/mol. The largest absolute Gasteiger partial charge is 0.453 e. The number of esters is 1. The molecular weight excluding hydrogens is 382 g/mol. The zero-order valence-electron chi connectivity index (χ0n) is 17.0. The fourth-order valence-electron chi connectivity index (χ4n) is 3.66. The molecule has 0 N–H and O–H groups in total. The summed E-state index contributed by atoms with van der Waals surface area (Å²) in [5, 5.41) is 4.10. The molecule has 0 atom stereocenters. The van der Waals surface area contributed by atoms with E-state index in [2.05, 4.69) is 9.67 Å². The van der Waals surface area contributed by atoms with E-state index < -0.39 is 5.97 Å². The minimum absolute atomic E-state index is 0.0122. The van der Waals surface area contributed by atoms with E-state index >= 15 is 0 Å². The first-order chi connectivity index (χ1) is 14.4. The van der Waals surface area contributed by atoms with E-state index in [-0.39, 0.29) is 30.2 Å². The van der Waals surface area contributed by atoms with Crippen LogP contribution >= 0.6 is 0 Å². The summed E-state index contributed by atoms with van der Waals surface area (Å²) < 4.78 is 8.58. The number of rotatable bonds is 7. The second-order valence-electron chi connectivity index (χ2n) is 7.59. The van der Waals surface area contributed by atoms with Crippen molar-refractivity contribution in [1.82, 2.24) is 14.3 Å². The molecule has 154 valence electrons. The van der Waals surface area contributed by atoms with Crippen LogP contribution < -0.4 is 5.56 Å². The molecule has 0 amide bonds. The van der Waals surface area contributed by atoms with E-state index in [0.717, 1.165) is 29.8 Å². The summed E-state index contributed by atoms with van der Waals surface area (Å²) >= 11 is 0. The molecule has 2 heterocycles. The summed E-state index contributed by atoms with van der Waals surface area (Å²) in [6.45, 7) is 3.77. The van der Waals surface area contributed by atoms with Crippen molar-refractivity contribution in [3.8, 4) is 0 Å². The lowest BCUT2D eigenvalue weighted by atomic mass is 10.1. The number of aromatic nitrogens is 3. The highest BCUT2D eigenvalue weighted by Gasteiger charge is 2.28. The van der Waals surface area contributed by atoms with Gasteiger partial charge in [-0.3, -0.25) is 9.59 Å². The van der Waals surface area contributed by atoms with Crippen LogP contribution in [-0.2, 0) is 11.3 Å². The molecule has 1 aliphatic carbocycles. The Morgan fingerprint density at radius 3 is 2.53 bits per heavy atom. The second-order valence-corrected chi connectivity index (χ2v) is 7.59. The third kappa shape index (κ3) is 4.10. The molecule has 4 rings (SSSR count). The highest BCUT2D eigenvalue weighted by Crippen LogP contribution is 2.38. The Balaban J connectivity index is 1.44. The molecule has 3 aromatic rings. The molecule has 7 nitrogen and oxygen atoms in total. The summed E-state index contributed by atoms with van der Waals surface area (Å²) in [7, 11) is 0. The Labute approximate surface area is 173 Å². The van der Waals surface area contributed by atoms with Crippen molar-refractivity contribution in [2.45, 2.75) is 39.3 Å². The average molecular weight is 405 g/mol. The van der Waals surface area contributed by atoms with Gasteiger partial charge < -0.3 is 9.30 Å². The Bertz CT molecular complexity index is 1160. The van der Waals surface area contributed by atoms with Crippen LogP contribution in [0.25, 0.3) is 0 Å². The summed E-state index contributed by atoms with van der Waals surface area (Å²) in [6.07, 6.45) is 2.26. The summed E-state index contributed by atoms with van der Waals surface area (Å²) in [5.41, 5.74) is 3.08. The lowest BCUT2D eigenvalue weighted by Gasteiger charge is -2.08. The quantitative estimate of drug-likeness (QED) is 0.446. The number of hydrogen-bond acceptors (Lipinski definition) is 5. The van der Waals surface area contributed by atoms with Gasteiger partial charge in [-0.15, -0.1) is 0 Å². The Morgan fingerprint density at radius 2 is 1.83 bits per heavy atom. The minimum Gasteiger partial charge on any atom is -0.453 e. The number of carbonyl (C=O) groups excluding carboxylic acids is 2. The van der Waals surface area contributed by atoms with Gasteiger partial charge in [0.2, 0.25) is 5.78 Å². The first-order valence-electron chi connectivity index (χ1n) is 9.95. The number of ketones is 1. The maximum absolute atomic E-state index is 12.6. The van der Waals surface area contributed by atoms with E-state index in [0.29, 0.717) is 11.6 Å². The molecule has 1 saturated carbocycles. The number of hydrogen-bond donors (Lipinski definition) is 0. The Morgan fingerprint density at radius 1 is 1.10 bits per heavy atom. The SMILES string of the molecule is Cc1cc(C(=O)COC(=O)c2ccc(=O)n(Cc3ccccc3)n2)c(C)n1C1CC1. The van der Waals surface area contributed by atoms with Gasteiger partial charge in [0.15, 0.2) is 12.3 Å². The lowest BCUT2D eigenvalue weighted by molar-refractivity contribution is 0.0466. The van der Waals surface area contributed by atoms with Gasteiger partial charge in [0, 0.05) is 29.1 Å². The lowest BCUT2D eigenvalue weighted by Crippen LogP contribution is -2.26. The number of Topliss-reactive ketones (excluding diaryl/α,β-unsaturated/α-hetero) is 1. The first-order valence-corrected chi connectivity index (χ1v) is 9.95. The minimum atomic E-state index is -0.735. The number of ether oxygens (including phenoxy) is 1. The summed E-state index contributed by atoms with van der Waals surface area (Å²) in [6, 6.07) is 14.3. The summed E-state index contributed by atoms with van der Waals surface area (Å²) in [4.78, 5) is 37.1. The molecule has 1 aliphatic rings. The average Bonchev–Trinajstić information content (AvgIpc) is 3.52. The third-order valence-electron chi connectivity index (χ3n) is 5.28. The van der Waals surface area contributed by atoms with Crippen LogP contribution in [-0.4, -0.2) is 32.7 Å². The topological polar surface area (TPSA) is 83.2 Å². The standard InChI is InChI=1S/C23H23N3O4/c1-15-12-19(16(2)26(15)18-8-9-18)21(27)14-30-23(29)20-10-11-22(28)25(24-20)13-17-6-4-3-5-7-17/h3-7,10-12,18H,8-9,13-14H2,1-2H3. The fourth-order valence-corrected chi connectivity index (χ4v) is 3.66. The predicted molar refractivity (Wildman–Crippen MR) is 111 cm³/mol. The predicted octanol–water partition coefficient (Wildman–Crippen LogP) is 3.08. The fraction of sp³-hybridized carbons (Fsp3) is 0.304. The second kappa shape index (κ2) is 8.10. The Hall–Kier alpha value is -3.48. The van der Waals surface area contributed by atoms with Crippen molar-refractivity contribution in [2.24, 2.45) is 0 Å². The molecule has 0 aliphatic heterocycles. The van der Waals surface area contributed by atoms with Crippen LogP contribution in [0, 0.1) is 13.8 Å². The van der Waals surface area contributed by atoms with Crippen LogP contribution in [0.2, 0.25) is 0 Å². The molecule has 1 aromatic carbocycles. The van der Waals surface area contributed by atoms with Gasteiger partial charge in [-0.1, -0.05) is 30.3 Å². The zero-order valence-corrected chi connectivity index (χ0v) is 17.0. The number of nitrogens with zero attached hydrogens (tertiary/aromatic N) is 3. The number of aryl methyl sites for hydroxylation is 1. The van der Waals surface area contributed by atoms with Crippen LogP contribution in [0.4, 0.5) is 0 Å². The highest BCUT2D eigenvalue weighted by atomic mass is 16.5. The van der Waals surface area contributed by atoms with Gasteiger partial charge in [-0.05, 0) is 44.4 Å². The molecule has 0 unspecified atom stereocenters. The van der Waals surface area contributed by atoms with Gasteiger partial charge in [0.25, 0.3) is 5.56 Å². The van der Waals surface area contributed by atoms with E-state index in [1.54, 1.807) is 0 Å². The molecule has 0 spiro atoms. The van der Waals surface area contributed by atoms with E-state index in [9.17, 15) is 14.4 Å². The first kappa shape index (κ1) is 19.8. The number of benzene rings is 1. The van der Waals surface area contributed by atoms with Crippen molar-refractivity contribution in [3.63, 3.8) is 0 Å². The van der Waals surface area contributed by atoms with E-state index in [4.69, 9.17) is 4.74 Å². The van der Waals surface area contributed by atoms with Crippen LogP contribution in [0.3, 0.4) is 0 Å². The number of carbonyl (C=O) groups is 2.